The second kappa shape index (κ2) is 7.90. The number of hydrogen-bond acceptors (Lipinski definition) is 4. The van der Waals surface area contributed by atoms with Gasteiger partial charge in [0.2, 0.25) is 0 Å². The maximum Gasteiger partial charge on any atom is 0.379 e. The van der Waals surface area contributed by atoms with E-state index in [4.69, 9.17) is 14.2 Å². The smallest absolute Gasteiger partial charge is 0.379 e. The van der Waals surface area contributed by atoms with Gasteiger partial charge in [0, 0.05) is 6.92 Å². The molecular formula is C16H24O4. The highest BCUT2D eigenvalue weighted by atomic mass is 16.7. The molecular weight excluding hydrogens is 256 g/mol. The first kappa shape index (κ1) is 16.5. The lowest BCUT2D eigenvalue weighted by atomic mass is 10.2. The number of carbonyl (C=O) groups is 1. The predicted octanol–water partition coefficient (Wildman–Crippen LogP) is 3.55. The van der Waals surface area contributed by atoms with Crippen molar-refractivity contribution < 1.29 is 19.0 Å². The van der Waals surface area contributed by atoms with E-state index in [1.165, 1.54) is 0 Å². The van der Waals surface area contributed by atoms with Crippen LogP contribution in [-0.4, -0.2) is 24.5 Å². The van der Waals surface area contributed by atoms with Gasteiger partial charge in [-0.2, -0.15) is 0 Å². The van der Waals surface area contributed by atoms with Gasteiger partial charge in [-0.15, -0.1) is 0 Å². The van der Waals surface area contributed by atoms with E-state index in [0.717, 1.165) is 12.8 Å². The minimum Gasteiger partial charge on any atom is -0.461 e. The van der Waals surface area contributed by atoms with Crippen LogP contribution < -0.4 is 4.74 Å². The number of ether oxygens (including phenoxy) is 3. The normalized spacial score (nSPS) is 15.2. The summed E-state index contributed by atoms with van der Waals surface area (Å²) >= 11 is 0. The van der Waals surface area contributed by atoms with Gasteiger partial charge in [0.1, 0.15) is 5.75 Å². The van der Waals surface area contributed by atoms with E-state index in [-0.39, 0.29) is 12.7 Å². The molecule has 0 amide bonds. The third-order valence-corrected chi connectivity index (χ3v) is 2.82. The Bertz CT molecular complexity index is 404. The van der Waals surface area contributed by atoms with Crippen molar-refractivity contribution in [3.8, 4) is 5.75 Å². The molecule has 4 heteroatoms. The van der Waals surface area contributed by atoms with Crippen LogP contribution in [0.25, 0.3) is 0 Å². The minimum atomic E-state index is -1.42. The van der Waals surface area contributed by atoms with Crippen LogP contribution in [0.2, 0.25) is 0 Å². The van der Waals surface area contributed by atoms with Gasteiger partial charge in [0.25, 0.3) is 0 Å². The Morgan fingerprint density at radius 1 is 1.25 bits per heavy atom. The topological polar surface area (TPSA) is 44.8 Å². The van der Waals surface area contributed by atoms with Crippen molar-refractivity contribution in [3.05, 3.63) is 30.3 Å². The molecule has 20 heavy (non-hydrogen) atoms. The quantitative estimate of drug-likeness (QED) is 0.539. The Hall–Kier alpha value is -1.55. The molecule has 1 aromatic carbocycles. The molecule has 4 nitrogen and oxygen atoms in total. The van der Waals surface area contributed by atoms with Crippen LogP contribution >= 0.6 is 0 Å². The number of hydrogen-bond donors (Lipinski definition) is 0. The molecule has 0 saturated carbocycles. The molecule has 1 rings (SSSR count). The molecule has 1 aromatic rings. The highest BCUT2D eigenvalue weighted by Crippen LogP contribution is 2.23. The second-order valence-electron chi connectivity index (χ2n) is 4.80. The molecule has 112 valence electrons. The predicted molar refractivity (Wildman–Crippen MR) is 77.6 cm³/mol. The number of benzene rings is 1. The molecule has 0 fully saturated rings. The van der Waals surface area contributed by atoms with E-state index in [2.05, 4.69) is 6.92 Å². The van der Waals surface area contributed by atoms with Crippen LogP contribution in [0, 0.1) is 0 Å². The minimum absolute atomic E-state index is 0.0851. The summed E-state index contributed by atoms with van der Waals surface area (Å²) in [5, 5.41) is 0. The summed E-state index contributed by atoms with van der Waals surface area (Å²) in [5.74, 6) is -1.36. The molecule has 1 unspecified atom stereocenters. The molecule has 0 aliphatic carbocycles. The third kappa shape index (κ3) is 4.85. The number of carbonyl (C=O) groups excluding carboxylic acids is 1. The highest BCUT2D eigenvalue weighted by molar-refractivity contribution is 5.77. The standard InChI is InChI=1S/C16H24O4/c1-5-10-13(3)19-16(4,15(17)18-6-2)20-14-11-8-7-9-12-14/h7-9,11-13H,5-6,10H2,1-4H3/t13?,16-/m1/s1. The van der Waals surface area contributed by atoms with Gasteiger partial charge < -0.3 is 14.2 Å². The van der Waals surface area contributed by atoms with E-state index in [9.17, 15) is 4.79 Å². The average Bonchev–Trinajstić information content (AvgIpc) is 2.40. The van der Waals surface area contributed by atoms with E-state index in [1.54, 1.807) is 26.0 Å². The van der Waals surface area contributed by atoms with E-state index in [0.29, 0.717) is 5.75 Å². The SMILES string of the molecule is CCCC(C)O[C@](C)(Oc1ccccc1)C(=O)OCC. The van der Waals surface area contributed by atoms with Crippen LogP contribution in [0.5, 0.6) is 5.75 Å². The number of esters is 1. The van der Waals surface area contributed by atoms with Gasteiger partial charge in [-0.25, -0.2) is 4.79 Å². The summed E-state index contributed by atoms with van der Waals surface area (Å²) in [7, 11) is 0. The lowest BCUT2D eigenvalue weighted by molar-refractivity contribution is -0.223. The zero-order valence-corrected chi connectivity index (χ0v) is 12.7. The van der Waals surface area contributed by atoms with Crippen LogP contribution in [0.15, 0.2) is 30.3 Å². The Morgan fingerprint density at radius 3 is 2.45 bits per heavy atom. The van der Waals surface area contributed by atoms with Crippen molar-refractivity contribution in [2.45, 2.75) is 52.4 Å². The van der Waals surface area contributed by atoms with Crippen LogP contribution in [0.1, 0.15) is 40.5 Å². The summed E-state index contributed by atoms with van der Waals surface area (Å²) in [4.78, 5) is 12.1. The van der Waals surface area contributed by atoms with E-state index >= 15 is 0 Å². The fourth-order valence-electron chi connectivity index (χ4n) is 1.94. The van der Waals surface area contributed by atoms with Crippen molar-refractivity contribution in [1.29, 1.82) is 0 Å². The molecule has 0 saturated heterocycles. The molecule has 0 aliphatic heterocycles. The molecule has 0 spiro atoms. The van der Waals surface area contributed by atoms with Gasteiger partial charge >= 0.3 is 11.8 Å². The zero-order chi connectivity index (χ0) is 15.0. The monoisotopic (exact) mass is 280 g/mol. The van der Waals surface area contributed by atoms with Crippen molar-refractivity contribution in [2.24, 2.45) is 0 Å². The van der Waals surface area contributed by atoms with Gasteiger partial charge in [0.15, 0.2) is 0 Å². The van der Waals surface area contributed by atoms with Crippen molar-refractivity contribution in [2.75, 3.05) is 6.61 Å². The van der Waals surface area contributed by atoms with E-state index < -0.39 is 11.8 Å². The maximum absolute atomic E-state index is 12.1. The fraction of sp³-hybridized carbons (Fsp3) is 0.562. The molecule has 2 atom stereocenters. The lowest BCUT2D eigenvalue weighted by Crippen LogP contribution is -2.47. The van der Waals surface area contributed by atoms with Gasteiger partial charge in [-0.3, -0.25) is 0 Å². The Labute approximate surface area is 121 Å². The average molecular weight is 280 g/mol. The Morgan fingerprint density at radius 2 is 1.90 bits per heavy atom. The first-order valence-electron chi connectivity index (χ1n) is 7.11. The molecule has 0 aromatic heterocycles. The second-order valence-corrected chi connectivity index (χ2v) is 4.80. The summed E-state index contributed by atoms with van der Waals surface area (Å²) in [6, 6.07) is 9.14. The maximum atomic E-state index is 12.1. The summed E-state index contributed by atoms with van der Waals surface area (Å²) < 4.78 is 16.6. The first-order valence-corrected chi connectivity index (χ1v) is 7.11. The van der Waals surface area contributed by atoms with Crippen LogP contribution in [-0.2, 0) is 14.3 Å². The molecule has 0 radical (unpaired) electrons. The summed E-state index contributed by atoms with van der Waals surface area (Å²) in [6.45, 7) is 7.65. The summed E-state index contributed by atoms with van der Waals surface area (Å²) in [6.07, 6.45) is 1.75. The van der Waals surface area contributed by atoms with Gasteiger partial charge in [-0.05, 0) is 32.4 Å². The van der Waals surface area contributed by atoms with E-state index in [1.807, 2.05) is 25.1 Å². The Kier molecular flexibility index (Phi) is 6.52. The summed E-state index contributed by atoms with van der Waals surface area (Å²) in [5.41, 5.74) is 0. The van der Waals surface area contributed by atoms with Gasteiger partial charge in [-0.1, -0.05) is 31.5 Å². The fourth-order valence-corrected chi connectivity index (χ4v) is 1.94. The third-order valence-electron chi connectivity index (χ3n) is 2.82. The zero-order valence-electron chi connectivity index (χ0n) is 12.7. The first-order chi connectivity index (χ1) is 9.51. The van der Waals surface area contributed by atoms with Crippen LogP contribution in [0.3, 0.4) is 0 Å². The van der Waals surface area contributed by atoms with Crippen molar-refractivity contribution >= 4 is 5.97 Å². The highest BCUT2D eigenvalue weighted by Gasteiger charge is 2.40. The largest absolute Gasteiger partial charge is 0.461 e. The lowest BCUT2D eigenvalue weighted by Gasteiger charge is -2.31. The van der Waals surface area contributed by atoms with Gasteiger partial charge in [0.05, 0.1) is 12.7 Å². The number of rotatable bonds is 8. The van der Waals surface area contributed by atoms with Crippen molar-refractivity contribution in [3.63, 3.8) is 0 Å². The number of para-hydroxylation sites is 1. The molecule has 0 aliphatic rings. The molecule has 0 N–H and O–H groups in total. The Balaban J connectivity index is 2.85. The molecule has 0 heterocycles. The molecule has 0 bridgehead atoms. The van der Waals surface area contributed by atoms with Crippen LogP contribution in [0.4, 0.5) is 0 Å². The van der Waals surface area contributed by atoms with Crippen molar-refractivity contribution in [1.82, 2.24) is 0 Å².